The number of fused-ring (bicyclic) bond motifs is 3. The van der Waals surface area contributed by atoms with Gasteiger partial charge in [-0.1, -0.05) is 11.9 Å². The zero-order valence-corrected chi connectivity index (χ0v) is 13.7. The molecular formula is C15H20N5O3+. The number of imidazole rings is 1. The van der Waals surface area contributed by atoms with Crippen LogP contribution in [0.15, 0.2) is 11.2 Å². The summed E-state index contributed by atoms with van der Waals surface area (Å²) >= 11 is 0. The lowest BCUT2D eigenvalue weighted by Crippen LogP contribution is -2.63. The third-order valence-corrected chi connectivity index (χ3v) is 4.15. The molecule has 2 aliphatic heterocycles. The maximum Gasteiger partial charge on any atom is 0.401 e. The van der Waals surface area contributed by atoms with Crippen LogP contribution in [0.1, 0.15) is 32.0 Å². The number of amidine groups is 1. The highest BCUT2D eigenvalue weighted by atomic mass is 16.2. The summed E-state index contributed by atoms with van der Waals surface area (Å²) in [7, 11) is 1.58. The van der Waals surface area contributed by atoms with Crippen molar-refractivity contribution >= 4 is 29.5 Å². The minimum absolute atomic E-state index is 0.212. The molecule has 0 radical (unpaired) electrons. The maximum absolute atomic E-state index is 12.8. The lowest BCUT2D eigenvalue weighted by Gasteiger charge is -2.32. The standard InChI is InChI=1S/C15H20N5O3/c1-5-6-18-9(2)7-19-11-12(16-14(18)19)17(4)15(23)20(13(11)22)8-10(3)21/h7,11H,5-6,8H2,1-4H3/q+1. The van der Waals surface area contributed by atoms with Gasteiger partial charge in [0.25, 0.3) is 5.91 Å². The molecule has 3 amide bonds. The molecule has 1 atom stereocenters. The van der Waals surface area contributed by atoms with E-state index >= 15 is 0 Å². The molecule has 8 heteroatoms. The Hall–Kier alpha value is -2.51. The van der Waals surface area contributed by atoms with Crippen molar-refractivity contribution in [2.24, 2.45) is 4.99 Å². The summed E-state index contributed by atoms with van der Waals surface area (Å²) in [6.45, 7) is 5.98. The molecule has 23 heavy (non-hydrogen) atoms. The van der Waals surface area contributed by atoms with E-state index < -0.39 is 18.0 Å². The molecule has 8 nitrogen and oxygen atoms in total. The number of ketones is 1. The number of aliphatic imine (C=N–C) groups is 1. The fraction of sp³-hybridized carbons (Fsp3) is 0.533. The number of nitrogens with zero attached hydrogens (tertiary/aromatic N) is 5. The summed E-state index contributed by atoms with van der Waals surface area (Å²) in [4.78, 5) is 43.4. The Labute approximate surface area is 134 Å². The lowest BCUT2D eigenvalue weighted by molar-refractivity contribution is -0.677. The molecule has 3 heterocycles. The zero-order valence-electron chi connectivity index (χ0n) is 13.7. The van der Waals surface area contributed by atoms with Gasteiger partial charge in [-0.05, 0) is 20.3 Å². The van der Waals surface area contributed by atoms with Crippen molar-refractivity contribution in [1.82, 2.24) is 14.4 Å². The first-order chi connectivity index (χ1) is 10.9. The van der Waals surface area contributed by atoms with Crippen LogP contribution in [-0.4, -0.2) is 51.5 Å². The Bertz CT molecular complexity index is 749. The van der Waals surface area contributed by atoms with E-state index in [4.69, 9.17) is 0 Å². The molecular weight excluding hydrogens is 298 g/mol. The van der Waals surface area contributed by atoms with Crippen molar-refractivity contribution in [2.75, 3.05) is 13.6 Å². The highest BCUT2D eigenvalue weighted by molar-refractivity contribution is 6.19. The minimum Gasteiger partial charge on any atom is -0.298 e. The van der Waals surface area contributed by atoms with Gasteiger partial charge >= 0.3 is 12.0 Å². The number of carbonyl (C=O) groups is 3. The SMILES string of the molecule is CCCn1c(C)c[n+]2c1N=C1C2C(=O)N(CC(C)=O)C(=O)N1C. The van der Waals surface area contributed by atoms with E-state index in [2.05, 4.69) is 11.9 Å². The van der Waals surface area contributed by atoms with Crippen LogP contribution in [0, 0.1) is 6.92 Å². The molecule has 3 rings (SSSR count). The van der Waals surface area contributed by atoms with Crippen molar-refractivity contribution in [1.29, 1.82) is 0 Å². The van der Waals surface area contributed by atoms with Crippen LogP contribution in [0.5, 0.6) is 0 Å². The van der Waals surface area contributed by atoms with E-state index in [0.717, 1.165) is 23.6 Å². The molecule has 1 aromatic heterocycles. The van der Waals surface area contributed by atoms with Crippen LogP contribution in [0.3, 0.4) is 0 Å². The molecule has 122 valence electrons. The van der Waals surface area contributed by atoms with Crippen molar-refractivity contribution in [3.05, 3.63) is 11.9 Å². The lowest BCUT2D eigenvalue weighted by atomic mass is 10.1. The Morgan fingerprint density at radius 3 is 2.70 bits per heavy atom. The number of Topliss-reactive ketones (excluding diaryl/α,β-unsaturated/α-hetero) is 1. The van der Waals surface area contributed by atoms with Gasteiger partial charge in [-0.15, -0.1) is 0 Å². The first kappa shape index (κ1) is 15.4. The van der Waals surface area contributed by atoms with Crippen LogP contribution in [-0.2, 0) is 16.1 Å². The number of imide groups is 1. The number of urea groups is 1. The van der Waals surface area contributed by atoms with Gasteiger partial charge < -0.3 is 0 Å². The number of rotatable bonds is 4. The van der Waals surface area contributed by atoms with E-state index in [9.17, 15) is 14.4 Å². The second-order valence-corrected chi connectivity index (χ2v) is 5.97. The average Bonchev–Trinajstić information content (AvgIpc) is 2.98. The molecule has 0 aromatic carbocycles. The fourth-order valence-corrected chi connectivity index (χ4v) is 3.10. The molecule has 0 bridgehead atoms. The molecule has 2 aliphatic rings. The van der Waals surface area contributed by atoms with Gasteiger partial charge in [0.05, 0.1) is 13.1 Å². The summed E-state index contributed by atoms with van der Waals surface area (Å²) in [5.74, 6) is 0.449. The van der Waals surface area contributed by atoms with Crippen LogP contribution in [0.25, 0.3) is 0 Å². The second-order valence-electron chi connectivity index (χ2n) is 5.97. The predicted octanol–water partition coefficient (Wildman–Crippen LogP) is 0.562. The Kier molecular flexibility index (Phi) is 3.54. The van der Waals surface area contributed by atoms with Gasteiger partial charge in [-0.3, -0.25) is 19.4 Å². The van der Waals surface area contributed by atoms with Gasteiger partial charge in [0.15, 0.2) is 0 Å². The van der Waals surface area contributed by atoms with Crippen LogP contribution < -0.4 is 4.57 Å². The van der Waals surface area contributed by atoms with Crippen molar-refractivity contribution in [2.45, 2.75) is 39.8 Å². The maximum atomic E-state index is 12.8. The van der Waals surface area contributed by atoms with Crippen molar-refractivity contribution in [3.8, 4) is 0 Å². The summed E-state index contributed by atoms with van der Waals surface area (Å²) in [6.07, 6.45) is 2.82. The molecule has 1 saturated heterocycles. The third-order valence-electron chi connectivity index (χ3n) is 4.15. The second kappa shape index (κ2) is 5.29. The molecule has 0 saturated carbocycles. The normalized spacial score (nSPS) is 19.8. The fourth-order valence-electron chi connectivity index (χ4n) is 3.10. The monoisotopic (exact) mass is 318 g/mol. The highest BCUT2D eigenvalue weighted by Gasteiger charge is 2.53. The third kappa shape index (κ3) is 2.16. The molecule has 0 N–H and O–H groups in total. The molecule has 0 aliphatic carbocycles. The molecule has 0 spiro atoms. The Morgan fingerprint density at radius 1 is 1.39 bits per heavy atom. The smallest absolute Gasteiger partial charge is 0.298 e. The Balaban J connectivity index is 2.07. The minimum atomic E-state index is -0.677. The number of amides is 3. The molecule has 1 aromatic rings. The van der Waals surface area contributed by atoms with Crippen molar-refractivity contribution < 1.29 is 19.0 Å². The number of aryl methyl sites for hydroxylation is 1. The number of likely N-dealkylation sites (N-methyl/N-ethyl adjacent to an activating group) is 1. The van der Waals surface area contributed by atoms with E-state index in [1.807, 2.05) is 17.7 Å². The van der Waals surface area contributed by atoms with Gasteiger partial charge in [-0.2, -0.15) is 0 Å². The Morgan fingerprint density at radius 2 is 2.09 bits per heavy atom. The average molecular weight is 318 g/mol. The number of hydrogen-bond acceptors (Lipinski definition) is 4. The zero-order chi connectivity index (χ0) is 16.9. The topological polar surface area (TPSA) is 78.9 Å². The van der Waals surface area contributed by atoms with E-state index in [-0.39, 0.29) is 12.3 Å². The summed E-state index contributed by atoms with van der Waals surface area (Å²) < 4.78 is 3.82. The summed E-state index contributed by atoms with van der Waals surface area (Å²) in [6, 6.07) is -1.19. The van der Waals surface area contributed by atoms with Gasteiger partial charge in [0, 0.05) is 7.05 Å². The van der Waals surface area contributed by atoms with Crippen LogP contribution in [0.2, 0.25) is 0 Å². The largest absolute Gasteiger partial charge is 0.401 e. The van der Waals surface area contributed by atoms with Crippen LogP contribution >= 0.6 is 0 Å². The number of carbonyl (C=O) groups excluding carboxylic acids is 3. The molecule has 1 unspecified atom stereocenters. The quantitative estimate of drug-likeness (QED) is 0.761. The summed E-state index contributed by atoms with van der Waals surface area (Å²) in [5, 5.41) is 0. The van der Waals surface area contributed by atoms with E-state index in [1.165, 1.54) is 11.8 Å². The number of aromatic nitrogens is 2. The summed E-state index contributed by atoms with van der Waals surface area (Å²) in [5.41, 5.74) is 1.01. The van der Waals surface area contributed by atoms with Gasteiger partial charge in [-0.25, -0.2) is 13.9 Å². The van der Waals surface area contributed by atoms with Gasteiger partial charge in [0.2, 0.25) is 11.9 Å². The van der Waals surface area contributed by atoms with Crippen LogP contribution in [0.4, 0.5) is 10.7 Å². The predicted molar refractivity (Wildman–Crippen MR) is 81.3 cm³/mol. The number of hydrogen-bond donors (Lipinski definition) is 0. The van der Waals surface area contributed by atoms with E-state index in [1.54, 1.807) is 11.6 Å². The van der Waals surface area contributed by atoms with E-state index in [0.29, 0.717) is 11.8 Å². The van der Waals surface area contributed by atoms with Gasteiger partial charge in [0.1, 0.15) is 17.7 Å². The molecule has 1 fully saturated rings. The first-order valence-corrected chi connectivity index (χ1v) is 7.65. The van der Waals surface area contributed by atoms with Crippen molar-refractivity contribution in [3.63, 3.8) is 0 Å². The first-order valence-electron chi connectivity index (χ1n) is 7.65. The highest BCUT2D eigenvalue weighted by Crippen LogP contribution is 2.29.